The summed E-state index contributed by atoms with van der Waals surface area (Å²) in [6.45, 7) is 6.24. The Hall–Kier alpha value is -3.85. The van der Waals surface area contributed by atoms with Crippen molar-refractivity contribution in [3.8, 4) is 0 Å². The molecule has 0 aliphatic heterocycles. The predicted molar refractivity (Wildman–Crippen MR) is 137 cm³/mol. The van der Waals surface area contributed by atoms with Gasteiger partial charge in [0.2, 0.25) is 0 Å². The molecule has 4 aromatic rings. The van der Waals surface area contributed by atoms with Gasteiger partial charge in [0.1, 0.15) is 6.29 Å². The minimum absolute atomic E-state index is 0.732. The van der Waals surface area contributed by atoms with Crippen LogP contribution in [0.2, 0.25) is 0 Å². The first kappa shape index (κ1) is 22.8. The van der Waals surface area contributed by atoms with Crippen molar-refractivity contribution in [3.63, 3.8) is 0 Å². The number of anilines is 4. The van der Waals surface area contributed by atoms with Gasteiger partial charge in [0.25, 0.3) is 0 Å². The second-order valence-electron chi connectivity index (χ2n) is 7.22. The van der Waals surface area contributed by atoms with E-state index in [1.807, 2.05) is 42.5 Å². The Kier molecular flexibility index (Phi) is 8.64. The molecule has 3 heteroatoms. The van der Waals surface area contributed by atoms with E-state index in [9.17, 15) is 4.79 Å². The predicted octanol–water partition coefficient (Wildman–Crippen LogP) is 7.50. The van der Waals surface area contributed by atoms with Crippen LogP contribution in [-0.4, -0.2) is 19.4 Å². The lowest BCUT2D eigenvalue weighted by atomic mass is 10.2. The molecule has 4 aromatic carbocycles. The Labute approximate surface area is 191 Å². The maximum Gasteiger partial charge on any atom is 0.150 e. The third-order valence-electron chi connectivity index (χ3n) is 5.20. The van der Waals surface area contributed by atoms with Crippen molar-refractivity contribution in [3.05, 3.63) is 121 Å². The van der Waals surface area contributed by atoms with Gasteiger partial charge in [0.05, 0.1) is 0 Å². The topological polar surface area (TPSA) is 23.6 Å². The fourth-order valence-electron chi connectivity index (χ4n) is 3.53. The minimum atomic E-state index is 0.732. The highest BCUT2D eigenvalue weighted by Gasteiger charge is 2.10. The third-order valence-corrected chi connectivity index (χ3v) is 5.20. The Morgan fingerprint density at radius 1 is 0.531 bits per heavy atom. The van der Waals surface area contributed by atoms with E-state index in [1.165, 1.54) is 22.7 Å². The van der Waals surface area contributed by atoms with Gasteiger partial charge in [-0.25, -0.2) is 0 Å². The average Bonchev–Trinajstić information content (AvgIpc) is 2.88. The van der Waals surface area contributed by atoms with Gasteiger partial charge in [-0.05, 0) is 74.5 Å². The number of carbonyl (C=O) groups excluding carboxylic acids is 1. The molecule has 0 spiro atoms. The Bertz CT molecular complexity index is 951. The summed E-state index contributed by atoms with van der Waals surface area (Å²) in [5.41, 5.74) is 5.41. The molecule has 0 atom stereocenters. The second kappa shape index (κ2) is 12.1. The van der Waals surface area contributed by atoms with E-state index in [0.717, 1.165) is 24.9 Å². The van der Waals surface area contributed by atoms with Crippen LogP contribution in [0.25, 0.3) is 0 Å². The summed E-state index contributed by atoms with van der Waals surface area (Å²) < 4.78 is 0. The number of hydrogen-bond acceptors (Lipinski definition) is 3. The minimum Gasteiger partial charge on any atom is -0.372 e. The normalized spacial score (nSPS) is 9.94. The molecule has 3 nitrogen and oxygen atoms in total. The Morgan fingerprint density at radius 2 is 0.906 bits per heavy atom. The summed E-state index contributed by atoms with van der Waals surface area (Å²) >= 11 is 0. The first-order valence-electron chi connectivity index (χ1n) is 11.0. The molecule has 0 saturated carbocycles. The van der Waals surface area contributed by atoms with E-state index in [0.29, 0.717) is 0 Å². The van der Waals surface area contributed by atoms with E-state index in [1.54, 1.807) is 0 Å². The SMILES string of the molecule is CCN(CC)c1ccc(C=O)cc1.c1ccc(N(c2ccccc2)c2ccccc2)cc1. The highest BCUT2D eigenvalue weighted by Crippen LogP contribution is 2.33. The molecule has 0 saturated heterocycles. The summed E-state index contributed by atoms with van der Waals surface area (Å²) in [6.07, 6.45) is 0.867. The largest absolute Gasteiger partial charge is 0.372 e. The number of nitrogens with zero attached hydrogens (tertiary/aromatic N) is 2. The van der Waals surface area contributed by atoms with Crippen molar-refractivity contribution < 1.29 is 4.79 Å². The van der Waals surface area contributed by atoms with E-state index < -0.39 is 0 Å². The van der Waals surface area contributed by atoms with Crippen LogP contribution in [0, 0.1) is 0 Å². The van der Waals surface area contributed by atoms with Crippen LogP contribution in [0.1, 0.15) is 24.2 Å². The van der Waals surface area contributed by atoms with Gasteiger partial charge in [-0.2, -0.15) is 0 Å². The molecule has 0 radical (unpaired) electrons. The van der Waals surface area contributed by atoms with Crippen LogP contribution >= 0.6 is 0 Å². The van der Waals surface area contributed by atoms with Crippen LogP contribution in [-0.2, 0) is 0 Å². The number of carbonyl (C=O) groups is 1. The van der Waals surface area contributed by atoms with Gasteiger partial charge >= 0.3 is 0 Å². The van der Waals surface area contributed by atoms with Gasteiger partial charge in [0, 0.05) is 41.4 Å². The van der Waals surface area contributed by atoms with Crippen LogP contribution < -0.4 is 9.80 Å². The molecule has 0 fully saturated rings. The van der Waals surface area contributed by atoms with E-state index >= 15 is 0 Å². The zero-order chi connectivity index (χ0) is 22.6. The molecule has 0 N–H and O–H groups in total. The van der Waals surface area contributed by atoms with Crippen LogP contribution in [0.3, 0.4) is 0 Å². The summed E-state index contributed by atoms with van der Waals surface area (Å²) in [6, 6.07) is 38.9. The number of para-hydroxylation sites is 3. The quantitative estimate of drug-likeness (QED) is 0.288. The van der Waals surface area contributed by atoms with Gasteiger partial charge in [-0.1, -0.05) is 54.6 Å². The van der Waals surface area contributed by atoms with E-state index in [-0.39, 0.29) is 0 Å². The van der Waals surface area contributed by atoms with E-state index in [2.05, 4.69) is 96.4 Å². The van der Waals surface area contributed by atoms with Crippen molar-refractivity contribution >= 4 is 29.0 Å². The molecule has 4 rings (SSSR count). The molecular weight excluding hydrogens is 392 g/mol. The Balaban J connectivity index is 0.000000195. The fraction of sp³-hybridized carbons (Fsp3) is 0.138. The molecular formula is C29H30N2O. The lowest BCUT2D eigenvalue weighted by molar-refractivity contribution is 0.112. The summed E-state index contributed by atoms with van der Waals surface area (Å²) in [7, 11) is 0. The summed E-state index contributed by atoms with van der Waals surface area (Å²) in [5, 5.41) is 0. The summed E-state index contributed by atoms with van der Waals surface area (Å²) in [4.78, 5) is 14.9. The monoisotopic (exact) mass is 422 g/mol. The van der Waals surface area contributed by atoms with Crippen LogP contribution in [0.15, 0.2) is 115 Å². The van der Waals surface area contributed by atoms with E-state index in [4.69, 9.17) is 0 Å². The maximum absolute atomic E-state index is 10.4. The van der Waals surface area contributed by atoms with Gasteiger partial charge < -0.3 is 9.80 Å². The second-order valence-corrected chi connectivity index (χ2v) is 7.22. The van der Waals surface area contributed by atoms with Crippen molar-refractivity contribution in [2.45, 2.75) is 13.8 Å². The standard InChI is InChI=1S/C18H15N.C11H15NO/c1-4-10-16(11-5-1)19(17-12-6-2-7-13-17)18-14-8-3-9-15-18;1-3-12(4-2)11-7-5-10(9-13)6-8-11/h1-15H;5-9H,3-4H2,1-2H3. The molecule has 0 aliphatic carbocycles. The highest BCUT2D eigenvalue weighted by molar-refractivity contribution is 5.76. The fourth-order valence-corrected chi connectivity index (χ4v) is 3.53. The molecule has 0 bridgehead atoms. The smallest absolute Gasteiger partial charge is 0.150 e. The van der Waals surface area contributed by atoms with Crippen molar-refractivity contribution in [2.75, 3.05) is 22.9 Å². The average molecular weight is 423 g/mol. The first-order chi connectivity index (χ1) is 15.8. The molecule has 0 aliphatic rings. The van der Waals surface area contributed by atoms with Crippen LogP contribution in [0.5, 0.6) is 0 Å². The maximum atomic E-state index is 10.4. The number of aldehydes is 1. The highest BCUT2D eigenvalue weighted by atomic mass is 16.1. The van der Waals surface area contributed by atoms with Gasteiger partial charge in [-0.15, -0.1) is 0 Å². The van der Waals surface area contributed by atoms with Crippen molar-refractivity contribution in [2.24, 2.45) is 0 Å². The molecule has 0 aromatic heterocycles. The van der Waals surface area contributed by atoms with Crippen molar-refractivity contribution in [1.29, 1.82) is 0 Å². The zero-order valence-corrected chi connectivity index (χ0v) is 18.8. The molecule has 32 heavy (non-hydrogen) atoms. The lowest BCUT2D eigenvalue weighted by Gasteiger charge is -2.25. The number of rotatable bonds is 7. The molecule has 0 unspecified atom stereocenters. The zero-order valence-electron chi connectivity index (χ0n) is 18.8. The molecule has 0 heterocycles. The Morgan fingerprint density at radius 3 is 1.22 bits per heavy atom. The lowest BCUT2D eigenvalue weighted by Crippen LogP contribution is -2.21. The van der Waals surface area contributed by atoms with Crippen molar-refractivity contribution in [1.82, 2.24) is 0 Å². The van der Waals surface area contributed by atoms with Gasteiger partial charge in [0.15, 0.2) is 0 Å². The molecule has 162 valence electrons. The summed E-state index contributed by atoms with van der Waals surface area (Å²) in [5.74, 6) is 0. The third kappa shape index (κ3) is 6.08. The molecule has 0 amide bonds. The number of hydrogen-bond donors (Lipinski definition) is 0. The first-order valence-corrected chi connectivity index (χ1v) is 11.0. The number of benzene rings is 4. The van der Waals surface area contributed by atoms with Crippen LogP contribution in [0.4, 0.5) is 22.7 Å². The van der Waals surface area contributed by atoms with Gasteiger partial charge in [-0.3, -0.25) is 4.79 Å².